The Kier molecular flexibility index (Phi) is 4.83. The number of ether oxygens (including phenoxy) is 2. The van der Waals surface area contributed by atoms with Gasteiger partial charge in [-0.2, -0.15) is 0 Å². The van der Waals surface area contributed by atoms with Gasteiger partial charge in [-0.25, -0.2) is 9.59 Å². The topological polar surface area (TPSA) is 65.5 Å². The third-order valence-corrected chi connectivity index (χ3v) is 2.46. The van der Waals surface area contributed by atoms with Crippen LogP contribution in [0.25, 0.3) is 0 Å². The molecule has 0 atom stereocenters. The molecule has 2 rings (SSSR count). The Hall–Kier alpha value is -2.69. The molecule has 0 saturated carbocycles. The van der Waals surface area contributed by atoms with Crippen molar-refractivity contribution in [1.29, 1.82) is 0 Å². The average Bonchev–Trinajstić information content (AvgIpc) is 2.53. The van der Waals surface area contributed by atoms with E-state index in [-0.39, 0.29) is 13.2 Å². The Bertz CT molecular complexity index is 515. The lowest BCUT2D eigenvalue weighted by Crippen LogP contribution is -2.14. The number of hydrogen-bond donors (Lipinski definition) is 0. The van der Waals surface area contributed by atoms with Crippen molar-refractivity contribution >= 4 is 11.9 Å². The van der Waals surface area contributed by atoms with Crippen LogP contribution in [0.2, 0.25) is 0 Å². The molecule has 0 radical (unpaired) electrons. The molecule has 0 amide bonds. The molecular weight excluding hydrogens is 258 g/mol. The predicted octanol–water partition coefficient (Wildman–Crippen LogP) is 2.10. The van der Waals surface area contributed by atoms with Crippen molar-refractivity contribution in [3.63, 3.8) is 0 Å². The maximum absolute atomic E-state index is 11.6. The quantitative estimate of drug-likeness (QED) is 0.615. The molecule has 0 fully saturated rings. The van der Waals surface area contributed by atoms with Crippen LogP contribution in [0.15, 0.2) is 54.9 Å². The summed E-state index contributed by atoms with van der Waals surface area (Å²) in [6, 6.07) is 11.9. The summed E-state index contributed by atoms with van der Waals surface area (Å²) >= 11 is 0. The first-order valence-corrected chi connectivity index (χ1v) is 6.06. The first kappa shape index (κ1) is 13.7. The summed E-state index contributed by atoms with van der Waals surface area (Å²) in [5.41, 5.74) is 0.827. The van der Waals surface area contributed by atoms with Gasteiger partial charge in [0.2, 0.25) is 0 Å². The lowest BCUT2D eigenvalue weighted by atomic mass is 10.2. The van der Waals surface area contributed by atoms with Crippen molar-refractivity contribution in [2.45, 2.75) is 0 Å². The summed E-state index contributed by atoms with van der Waals surface area (Å²) < 4.78 is 9.94. The average molecular weight is 271 g/mol. The second kappa shape index (κ2) is 7.04. The van der Waals surface area contributed by atoms with Crippen LogP contribution >= 0.6 is 0 Å². The van der Waals surface area contributed by atoms with E-state index < -0.39 is 11.9 Å². The smallest absolute Gasteiger partial charge is 0.339 e. The first-order chi connectivity index (χ1) is 9.77. The number of aromatic nitrogens is 1. The second-order valence-electron chi connectivity index (χ2n) is 3.88. The molecule has 0 bridgehead atoms. The van der Waals surface area contributed by atoms with Crippen LogP contribution in [0, 0.1) is 0 Å². The van der Waals surface area contributed by atoms with E-state index in [0.717, 1.165) is 0 Å². The minimum Gasteiger partial charge on any atom is -0.458 e. The fraction of sp³-hybridized carbons (Fsp3) is 0.133. The number of carbonyl (C=O) groups excluding carboxylic acids is 2. The minimum atomic E-state index is -0.492. The Labute approximate surface area is 116 Å². The lowest BCUT2D eigenvalue weighted by molar-refractivity contribution is 0.0265. The van der Waals surface area contributed by atoms with Gasteiger partial charge >= 0.3 is 11.9 Å². The van der Waals surface area contributed by atoms with Crippen LogP contribution in [-0.4, -0.2) is 30.1 Å². The number of rotatable bonds is 5. The van der Waals surface area contributed by atoms with Gasteiger partial charge < -0.3 is 9.47 Å². The highest BCUT2D eigenvalue weighted by Gasteiger charge is 2.08. The van der Waals surface area contributed by atoms with Crippen LogP contribution in [-0.2, 0) is 9.47 Å². The molecule has 0 aliphatic heterocycles. The van der Waals surface area contributed by atoms with E-state index in [9.17, 15) is 9.59 Å². The van der Waals surface area contributed by atoms with Crippen molar-refractivity contribution < 1.29 is 19.1 Å². The summed E-state index contributed by atoms with van der Waals surface area (Å²) in [4.78, 5) is 27.0. The van der Waals surface area contributed by atoms with Crippen LogP contribution < -0.4 is 0 Å². The summed E-state index contributed by atoms with van der Waals surface area (Å²) in [6.07, 6.45) is 2.98. The minimum absolute atomic E-state index is 0.00625. The molecule has 1 aromatic heterocycles. The van der Waals surface area contributed by atoms with Crippen LogP contribution in [0.3, 0.4) is 0 Å². The van der Waals surface area contributed by atoms with Crippen molar-refractivity contribution in [3.05, 3.63) is 66.0 Å². The third kappa shape index (κ3) is 3.91. The van der Waals surface area contributed by atoms with Gasteiger partial charge in [-0.15, -0.1) is 0 Å². The monoisotopic (exact) mass is 271 g/mol. The normalized spacial score (nSPS) is 9.80. The standard InChI is InChI=1S/C15H13NO4/c17-14(12-5-2-1-3-6-12)19-9-10-20-15(18)13-7-4-8-16-11-13/h1-8,11H,9-10H2. The lowest BCUT2D eigenvalue weighted by Gasteiger charge is -2.06. The number of pyridine rings is 1. The van der Waals surface area contributed by atoms with Crippen LogP contribution in [0.4, 0.5) is 0 Å². The summed E-state index contributed by atoms with van der Waals surface area (Å²) in [5, 5.41) is 0. The zero-order valence-corrected chi connectivity index (χ0v) is 10.7. The van der Waals surface area contributed by atoms with E-state index in [1.807, 2.05) is 6.07 Å². The van der Waals surface area contributed by atoms with Crippen molar-refractivity contribution in [3.8, 4) is 0 Å². The molecule has 102 valence electrons. The number of carbonyl (C=O) groups is 2. The highest BCUT2D eigenvalue weighted by atomic mass is 16.6. The molecule has 5 heteroatoms. The van der Waals surface area contributed by atoms with E-state index in [2.05, 4.69) is 4.98 Å². The number of nitrogens with zero attached hydrogens (tertiary/aromatic N) is 1. The van der Waals surface area contributed by atoms with Gasteiger partial charge in [-0.3, -0.25) is 4.98 Å². The number of esters is 2. The van der Waals surface area contributed by atoms with Gasteiger partial charge in [-0.05, 0) is 24.3 Å². The Morgan fingerprint density at radius 2 is 1.45 bits per heavy atom. The molecule has 2 aromatic rings. The van der Waals surface area contributed by atoms with E-state index in [4.69, 9.17) is 9.47 Å². The fourth-order valence-electron chi connectivity index (χ4n) is 1.49. The molecule has 0 saturated heterocycles. The Balaban J connectivity index is 1.72. The van der Waals surface area contributed by atoms with E-state index in [0.29, 0.717) is 11.1 Å². The molecule has 1 heterocycles. The van der Waals surface area contributed by atoms with E-state index in [1.165, 1.54) is 6.20 Å². The van der Waals surface area contributed by atoms with Crippen molar-refractivity contribution in [2.75, 3.05) is 13.2 Å². The SMILES string of the molecule is O=C(OCCOC(=O)c1cccnc1)c1ccccc1. The van der Waals surface area contributed by atoms with Gasteiger partial charge in [-0.1, -0.05) is 18.2 Å². The van der Waals surface area contributed by atoms with Gasteiger partial charge in [0.25, 0.3) is 0 Å². The van der Waals surface area contributed by atoms with Gasteiger partial charge in [0, 0.05) is 12.4 Å². The predicted molar refractivity (Wildman–Crippen MR) is 71.2 cm³/mol. The van der Waals surface area contributed by atoms with E-state index in [1.54, 1.807) is 42.6 Å². The molecule has 0 aliphatic carbocycles. The zero-order valence-electron chi connectivity index (χ0n) is 10.7. The summed E-state index contributed by atoms with van der Waals surface area (Å²) in [7, 11) is 0. The molecule has 0 aliphatic rings. The molecule has 0 unspecified atom stereocenters. The molecule has 20 heavy (non-hydrogen) atoms. The second-order valence-corrected chi connectivity index (χ2v) is 3.88. The Morgan fingerprint density at radius 3 is 2.05 bits per heavy atom. The molecular formula is C15H13NO4. The number of benzene rings is 1. The first-order valence-electron chi connectivity index (χ1n) is 6.06. The number of hydrogen-bond acceptors (Lipinski definition) is 5. The summed E-state index contributed by atoms with van der Waals surface area (Å²) in [5.74, 6) is -0.933. The van der Waals surface area contributed by atoms with Gasteiger partial charge in [0.15, 0.2) is 0 Å². The van der Waals surface area contributed by atoms with Crippen LogP contribution in [0.5, 0.6) is 0 Å². The van der Waals surface area contributed by atoms with Gasteiger partial charge in [0.1, 0.15) is 13.2 Å². The zero-order chi connectivity index (χ0) is 14.2. The maximum Gasteiger partial charge on any atom is 0.339 e. The molecule has 0 spiro atoms. The Morgan fingerprint density at radius 1 is 0.850 bits per heavy atom. The summed E-state index contributed by atoms with van der Waals surface area (Å²) in [6.45, 7) is 0.0199. The maximum atomic E-state index is 11.6. The molecule has 5 nitrogen and oxygen atoms in total. The molecule has 0 N–H and O–H groups in total. The van der Waals surface area contributed by atoms with Crippen molar-refractivity contribution in [1.82, 2.24) is 4.98 Å². The fourth-order valence-corrected chi connectivity index (χ4v) is 1.49. The third-order valence-electron chi connectivity index (χ3n) is 2.46. The van der Waals surface area contributed by atoms with Crippen LogP contribution in [0.1, 0.15) is 20.7 Å². The van der Waals surface area contributed by atoms with Crippen molar-refractivity contribution in [2.24, 2.45) is 0 Å². The highest BCUT2D eigenvalue weighted by molar-refractivity contribution is 5.89. The molecule has 1 aromatic carbocycles. The van der Waals surface area contributed by atoms with E-state index >= 15 is 0 Å². The largest absolute Gasteiger partial charge is 0.458 e. The van der Waals surface area contributed by atoms with Gasteiger partial charge in [0.05, 0.1) is 11.1 Å². The highest BCUT2D eigenvalue weighted by Crippen LogP contribution is 2.02.